The van der Waals surface area contributed by atoms with Gasteiger partial charge < -0.3 is 30.1 Å². The van der Waals surface area contributed by atoms with Crippen molar-refractivity contribution in [2.45, 2.75) is 39.5 Å². The summed E-state index contributed by atoms with van der Waals surface area (Å²) in [7, 11) is 0. The van der Waals surface area contributed by atoms with Gasteiger partial charge in [0.25, 0.3) is 0 Å². The number of aliphatic hydroxyl groups is 1. The molecule has 9 nitrogen and oxygen atoms in total. The predicted octanol–water partition coefficient (Wildman–Crippen LogP) is 4.24. The molecule has 0 radical (unpaired) electrons. The number of rotatable bonds is 7. The molecule has 3 aromatic rings. The normalized spacial score (nSPS) is 13.8. The molecule has 190 valence electrons. The van der Waals surface area contributed by atoms with Gasteiger partial charge in [-0.3, -0.25) is 0 Å². The van der Waals surface area contributed by atoms with Crippen molar-refractivity contribution in [2.75, 3.05) is 36.5 Å². The Bertz CT molecular complexity index is 1170. The molecule has 1 aromatic heterocycles. The Labute approximate surface area is 211 Å². The number of aliphatic hydroxyl groups excluding tert-OH is 1. The van der Waals surface area contributed by atoms with Crippen LogP contribution in [0.5, 0.6) is 0 Å². The molecule has 0 unspecified atom stereocenters. The highest BCUT2D eigenvalue weighted by atomic mass is 16.6. The van der Waals surface area contributed by atoms with Crippen molar-refractivity contribution in [3.8, 4) is 11.3 Å². The van der Waals surface area contributed by atoms with E-state index >= 15 is 0 Å². The minimum Gasteiger partial charge on any atom is -0.444 e. The predicted molar refractivity (Wildman–Crippen MR) is 139 cm³/mol. The molecule has 4 rings (SSSR count). The third-order valence-electron chi connectivity index (χ3n) is 5.60. The maximum absolute atomic E-state index is 11.9. The Morgan fingerprint density at radius 1 is 1.11 bits per heavy atom. The summed E-state index contributed by atoms with van der Waals surface area (Å²) in [5, 5.41) is 15.9. The Balaban J connectivity index is 1.41. The summed E-state index contributed by atoms with van der Waals surface area (Å²) >= 11 is 0. The smallest absolute Gasteiger partial charge is 0.407 e. The van der Waals surface area contributed by atoms with Crippen LogP contribution in [-0.4, -0.2) is 53.1 Å². The first-order chi connectivity index (χ1) is 17.3. The fourth-order valence-corrected chi connectivity index (χ4v) is 3.89. The topological polar surface area (TPSA) is 109 Å². The Kier molecular flexibility index (Phi) is 8.02. The summed E-state index contributed by atoms with van der Waals surface area (Å²) < 4.78 is 10.7. The molecule has 0 aliphatic carbocycles. The molecule has 3 N–H and O–H groups in total. The molecular weight excluding hydrogens is 458 g/mol. The average Bonchev–Trinajstić information content (AvgIpc) is 2.87. The molecular formula is C27H33N5O4. The van der Waals surface area contributed by atoms with Crippen LogP contribution < -0.4 is 15.5 Å². The van der Waals surface area contributed by atoms with Crippen molar-refractivity contribution in [3.63, 3.8) is 0 Å². The highest BCUT2D eigenvalue weighted by molar-refractivity contribution is 5.68. The largest absolute Gasteiger partial charge is 0.444 e. The minimum atomic E-state index is -0.531. The Morgan fingerprint density at radius 2 is 1.86 bits per heavy atom. The molecule has 1 saturated heterocycles. The van der Waals surface area contributed by atoms with Crippen molar-refractivity contribution >= 4 is 23.4 Å². The van der Waals surface area contributed by atoms with E-state index in [1.165, 1.54) is 0 Å². The number of morpholine rings is 1. The SMILES string of the molecule is CC(C)(C)OC(=O)NCc1ccc(-c2ccnc(Nc3ccc(N4CCOCC4)c(CO)c3)n2)cc1. The number of aromatic nitrogens is 2. The van der Waals surface area contributed by atoms with Gasteiger partial charge >= 0.3 is 6.09 Å². The van der Waals surface area contributed by atoms with Gasteiger partial charge in [-0.15, -0.1) is 0 Å². The van der Waals surface area contributed by atoms with Crippen LogP contribution in [0.1, 0.15) is 31.9 Å². The number of benzene rings is 2. The summed E-state index contributed by atoms with van der Waals surface area (Å²) in [5.74, 6) is 0.464. The zero-order valence-corrected chi connectivity index (χ0v) is 21.0. The molecule has 9 heteroatoms. The molecule has 0 atom stereocenters. The summed E-state index contributed by atoms with van der Waals surface area (Å²) in [5.41, 5.74) is 4.78. The van der Waals surface area contributed by atoms with Crippen LogP contribution in [0.2, 0.25) is 0 Å². The summed E-state index contributed by atoms with van der Waals surface area (Å²) in [6.07, 6.45) is 1.26. The van der Waals surface area contributed by atoms with Crippen molar-refractivity contribution in [1.82, 2.24) is 15.3 Å². The molecule has 2 heterocycles. The van der Waals surface area contributed by atoms with Gasteiger partial charge in [0.2, 0.25) is 5.95 Å². The number of carbonyl (C=O) groups is 1. The number of nitrogens with one attached hydrogen (secondary N) is 2. The van der Waals surface area contributed by atoms with E-state index < -0.39 is 11.7 Å². The molecule has 0 bridgehead atoms. The van der Waals surface area contributed by atoms with Crippen LogP contribution in [0.25, 0.3) is 11.3 Å². The van der Waals surface area contributed by atoms with Crippen LogP contribution in [0.3, 0.4) is 0 Å². The van der Waals surface area contributed by atoms with Crippen molar-refractivity contribution in [2.24, 2.45) is 0 Å². The number of hydrogen-bond acceptors (Lipinski definition) is 8. The molecule has 1 amide bonds. The van der Waals surface area contributed by atoms with E-state index in [0.29, 0.717) is 25.7 Å². The van der Waals surface area contributed by atoms with Gasteiger partial charge in [-0.25, -0.2) is 14.8 Å². The van der Waals surface area contributed by atoms with Gasteiger partial charge in [-0.05, 0) is 50.6 Å². The van der Waals surface area contributed by atoms with E-state index in [0.717, 1.165) is 46.8 Å². The van der Waals surface area contributed by atoms with Crippen LogP contribution in [-0.2, 0) is 22.6 Å². The van der Waals surface area contributed by atoms with Crippen molar-refractivity contribution in [3.05, 3.63) is 65.9 Å². The molecule has 0 spiro atoms. The first-order valence-corrected chi connectivity index (χ1v) is 12.0. The zero-order chi connectivity index (χ0) is 25.5. The fourth-order valence-electron chi connectivity index (χ4n) is 3.89. The first-order valence-electron chi connectivity index (χ1n) is 12.0. The van der Waals surface area contributed by atoms with Crippen LogP contribution in [0.4, 0.5) is 22.1 Å². The number of carbonyl (C=O) groups excluding carboxylic acids is 1. The van der Waals surface area contributed by atoms with E-state index in [1.54, 1.807) is 6.20 Å². The average molecular weight is 492 g/mol. The Morgan fingerprint density at radius 3 is 2.56 bits per heavy atom. The Hall–Kier alpha value is -3.69. The zero-order valence-electron chi connectivity index (χ0n) is 21.0. The lowest BCUT2D eigenvalue weighted by molar-refractivity contribution is 0.0523. The lowest BCUT2D eigenvalue weighted by Crippen LogP contribution is -2.36. The van der Waals surface area contributed by atoms with Crippen LogP contribution in [0, 0.1) is 0 Å². The molecule has 1 aliphatic heterocycles. The van der Waals surface area contributed by atoms with Crippen molar-refractivity contribution in [1.29, 1.82) is 0 Å². The van der Waals surface area contributed by atoms with Crippen LogP contribution in [0.15, 0.2) is 54.7 Å². The van der Waals surface area contributed by atoms with E-state index in [-0.39, 0.29) is 6.61 Å². The summed E-state index contributed by atoms with van der Waals surface area (Å²) in [4.78, 5) is 23.1. The highest BCUT2D eigenvalue weighted by Gasteiger charge is 2.16. The van der Waals surface area contributed by atoms with Gasteiger partial charge in [0.15, 0.2) is 0 Å². The number of anilines is 3. The fraction of sp³-hybridized carbons (Fsp3) is 0.370. The van der Waals surface area contributed by atoms with Crippen molar-refractivity contribution < 1.29 is 19.4 Å². The highest BCUT2D eigenvalue weighted by Crippen LogP contribution is 2.27. The van der Waals surface area contributed by atoms with Crippen LogP contribution >= 0.6 is 0 Å². The lowest BCUT2D eigenvalue weighted by Gasteiger charge is -2.30. The molecule has 0 saturated carbocycles. The van der Waals surface area contributed by atoms with Gasteiger partial charge in [-0.1, -0.05) is 24.3 Å². The maximum Gasteiger partial charge on any atom is 0.407 e. The van der Waals surface area contributed by atoms with E-state index in [9.17, 15) is 9.90 Å². The van der Waals surface area contributed by atoms with Gasteiger partial charge in [0.05, 0.1) is 25.5 Å². The molecule has 1 aliphatic rings. The summed E-state index contributed by atoms with van der Waals surface area (Å²) in [6.45, 7) is 8.80. The number of alkyl carbamates (subject to hydrolysis) is 1. The quantitative estimate of drug-likeness (QED) is 0.450. The number of ether oxygens (including phenoxy) is 2. The number of amides is 1. The number of hydrogen-bond donors (Lipinski definition) is 3. The van der Waals surface area contributed by atoms with E-state index in [1.807, 2.05) is 69.3 Å². The van der Waals surface area contributed by atoms with Gasteiger partial charge in [-0.2, -0.15) is 0 Å². The standard InChI is InChI=1S/C27H33N5O4/c1-27(2,3)36-26(34)29-17-19-4-6-20(7-5-19)23-10-11-28-25(31-23)30-22-8-9-24(21(16-22)18-33)32-12-14-35-15-13-32/h4-11,16,33H,12-15,17-18H2,1-3H3,(H,29,34)(H,28,30,31). The van der Waals surface area contributed by atoms with E-state index in [2.05, 4.69) is 25.5 Å². The second-order valence-corrected chi connectivity index (χ2v) is 9.54. The lowest BCUT2D eigenvalue weighted by atomic mass is 10.1. The molecule has 36 heavy (non-hydrogen) atoms. The third-order valence-corrected chi connectivity index (χ3v) is 5.60. The molecule has 2 aromatic carbocycles. The number of nitrogens with zero attached hydrogens (tertiary/aromatic N) is 3. The first kappa shape index (κ1) is 25.4. The molecule has 1 fully saturated rings. The second-order valence-electron chi connectivity index (χ2n) is 9.54. The monoisotopic (exact) mass is 491 g/mol. The minimum absolute atomic E-state index is 0.0573. The maximum atomic E-state index is 11.9. The van der Waals surface area contributed by atoms with Gasteiger partial charge in [0, 0.05) is 48.3 Å². The van der Waals surface area contributed by atoms with Gasteiger partial charge in [0.1, 0.15) is 5.60 Å². The second kappa shape index (κ2) is 11.4. The van der Waals surface area contributed by atoms with E-state index in [4.69, 9.17) is 9.47 Å². The third kappa shape index (κ3) is 6.93. The summed E-state index contributed by atoms with van der Waals surface area (Å²) in [6, 6.07) is 15.5.